The van der Waals surface area contributed by atoms with Gasteiger partial charge in [-0.25, -0.2) is 9.13 Å². The van der Waals surface area contributed by atoms with Crippen molar-refractivity contribution in [1.29, 1.82) is 0 Å². The Labute approximate surface area is 344 Å². The molecule has 0 radical (unpaired) electrons. The molecule has 0 fully saturated rings. The van der Waals surface area contributed by atoms with Crippen LogP contribution in [0.25, 0.3) is 45.8 Å². The molecule has 0 saturated heterocycles. The van der Waals surface area contributed by atoms with E-state index < -0.39 is 27.6 Å². The van der Waals surface area contributed by atoms with Crippen molar-refractivity contribution in [2.75, 3.05) is 0 Å². The number of hydrogen-bond acceptors (Lipinski definition) is 12. The minimum Gasteiger partial charge on any atom is -0.416 e. The van der Waals surface area contributed by atoms with Gasteiger partial charge >= 0.3 is 15.5 Å². The lowest BCUT2D eigenvalue weighted by atomic mass is 10.1. The van der Waals surface area contributed by atoms with E-state index in [9.17, 15) is 0 Å². The summed E-state index contributed by atoms with van der Waals surface area (Å²) in [5.41, 5.74) is 2.96. The SMILES string of the molecule is C[C@H](NP1(=O)Oc2ccccc2-c2nnc(o2)-c2ccccc2OP(=O)(N[C@@H](C)c2ccccc2)Oc2ccccc2-c2nnc(o2)-c2ccccc2O1)c1ccccc1. The number of nitrogens with one attached hydrogen (secondary N) is 2. The minimum atomic E-state index is -4.35. The topological polar surface area (TPSA) is 173 Å². The Kier molecular flexibility index (Phi) is 10.6. The second-order valence-corrected chi connectivity index (χ2v) is 16.9. The fourth-order valence-corrected chi connectivity index (χ4v) is 9.75. The van der Waals surface area contributed by atoms with Crippen LogP contribution in [-0.2, 0) is 9.13 Å². The maximum atomic E-state index is 15.2. The summed E-state index contributed by atoms with van der Waals surface area (Å²) < 4.78 is 68.4. The van der Waals surface area contributed by atoms with Crippen LogP contribution in [0.1, 0.15) is 37.1 Å². The molecule has 0 saturated carbocycles. The molecular weight excluding hydrogens is 802 g/mol. The highest BCUT2D eigenvalue weighted by Gasteiger charge is 2.36. The predicted octanol–water partition coefficient (Wildman–Crippen LogP) is 11.3. The maximum absolute atomic E-state index is 15.2. The molecule has 1 aliphatic rings. The smallest absolute Gasteiger partial charge is 0.416 e. The largest absolute Gasteiger partial charge is 0.513 e. The van der Waals surface area contributed by atoms with Crippen molar-refractivity contribution in [3.63, 3.8) is 0 Å². The number of nitrogens with zero attached hydrogens (tertiary/aromatic N) is 4. The van der Waals surface area contributed by atoms with Crippen molar-refractivity contribution in [3.05, 3.63) is 169 Å². The third kappa shape index (κ3) is 8.22. The van der Waals surface area contributed by atoms with Gasteiger partial charge in [0.1, 0.15) is 23.0 Å². The van der Waals surface area contributed by atoms with E-state index in [-0.39, 0.29) is 46.6 Å². The highest BCUT2D eigenvalue weighted by atomic mass is 31.2. The standard InChI is InChI=1S/C44H36N6O8P2/c1-29(31-17-5-3-6-18-31)49-59(51)55-37-25-13-9-21-33(37)41-45-47-43(53-41)35-23-11-15-27-39(35)57-60(52,50-30(2)32-19-7-4-8-20-32)58-40-28-16-12-24-36(40)44-48-46-42(54-44)34-22-10-14-26-38(34)56-59/h3-30H,1-2H3,(H,49,51)(H,50,52)/t29-,30-,59?,60?/m0/s1. The highest BCUT2D eigenvalue weighted by molar-refractivity contribution is 7.52. The fourth-order valence-electron chi connectivity index (χ4n) is 6.54. The van der Waals surface area contributed by atoms with Crippen LogP contribution in [0.15, 0.2) is 167 Å². The summed E-state index contributed by atoms with van der Waals surface area (Å²) >= 11 is 0. The van der Waals surface area contributed by atoms with Crippen molar-refractivity contribution >= 4 is 15.5 Å². The van der Waals surface area contributed by atoms with Crippen LogP contribution < -0.4 is 28.3 Å². The molecule has 300 valence electrons. The molecule has 6 aromatic carbocycles. The first-order valence-corrected chi connectivity index (χ1v) is 22.0. The number of rotatable bonds is 6. The van der Waals surface area contributed by atoms with Gasteiger partial charge in [0, 0.05) is 12.1 Å². The van der Waals surface area contributed by atoms with Crippen LogP contribution in [-0.4, -0.2) is 20.4 Å². The second kappa shape index (κ2) is 16.4. The number of benzene rings is 6. The predicted molar refractivity (Wildman–Crippen MR) is 224 cm³/mol. The van der Waals surface area contributed by atoms with Crippen LogP contribution in [0.5, 0.6) is 23.0 Å². The lowest BCUT2D eigenvalue weighted by molar-refractivity contribution is 0.363. The lowest BCUT2D eigenvalue weighted by Crippen LogP contribution is -2.22. The zero-order chi connectivity index (χ0) is 41.1. The molecule has 4 bridgehead atoms. The number of para-hydroxylation sites is 4. The molecule has 3 heterocycles. The van der Waals surface area contributed by atoms with E-state index in [4.69, 9.17) is 26.9 Å². The van der Waals surface area contributed by atoms with Crippen molar-refractivity contribution in [2.24, 2.45) is 0 Å². The van der Waals surface area contributed by atoms with E-state index in [0.29, 0.717) is 22.3 Å². The maximum Gasteiger partial charge on any atom is 0.513 e. The Balaban J connectivity index is 1.20. The zero-order valence-electron chi connectivity index (χ0n) is 32.1. The quantitative estimate of drug-likeness (QED) is 0.151. The van der Waals surface area contributed by atoms with Gasteiger partial charge in [0.05, 0.1) is 22.3 Å². The molecule has 0 spiro atoms. The van der Waals surface area contributed by atoms with Crippen molar-refractivity contribution in [2.45, 2.75) is 25.9 Å². The van der Waals surface area contributed by atoms with Gasteiger partial charge in [-0.1, -0.05) is 109 Å². The van der Waals surface area contributed by atoms with Gasteiger partial charge < -0.3 is 26.9 Å². The minimum absolute atomic E-state index is 0.0374. The Morgan fingerprint density at radius 3 is 0.917 bits per heavy atom. The molecule has 8 aromatic rings. The molecule has 1 aliphatic heterocycles. The lowest BCUT2D eigenvalue weighted by Gasteiger charge is -2.25. The third-order valence-corrected chi connectivity index (χ3v) is 12.7. The first kappa shape index (κ1) is 38.7. The first-order valence-electron chi connectivity index (χ1n) is 18.9. The van der Waals surface area contributed by atoms with E-state index in [2.05, 4.69) is 30.6 Å². The van der Waals surface area contributed by atoms with E-state index in [1.807, 2.05) is 74.5 Å². The summed E-state index contributed by atoms with van der Waals surface area (Å²) in [4.78, 5) is 0. The van der Waals surface area contributed by atoms with Crippen LogP contribution in [0.4, 0.5) is 0 Å². The van der Waals surface area contributed by atoms with Gasteiger partial charge in [-0.05, 0) is 73.5 Å². The van der Waals surface area contributed by atoms with Crippen molar-refractivity contribution < 1.29 is 36.1 Å². The van der Waals surface area contributed by atoms with Crippen LogP contribution in [0.2, 0.25) is 0 Å². The molecule has 0 amide bonds. The average Bonchev–Trinajstić information content (AvgIpc) is 3.96. The van der Waals surface area contributed by atoms with E-state index in [1.165, 1.54) is 0 Å². The summed E-state index contributed by atoms with van der Waals surface area (Å²) in [6.07, 6.45) is 0. The van der Waals surface area contributed by atoms with Crippen LogP contribution >= 0.6 is 15.5 Å². The van der Waals surface area contributed by atoms with Gasteiger partial charge in [-0.3, -0.25) is 0 Å². The van der Waals surface area contributed by atoms with E-state index in [1.54, 1.807) is 97.1 Å². The monoisotopic (exact) mass is 838 g/mol. The van der Waals surface area contributed by atoms with E-state index in [0.717, 1.165) is 11.1 Å². The number of hydrogen-bond donors (Lipinski definition) is 2. The Morgan fingerprint density at radius 2 is 0.633 bits per heavy atom. The Hall–Kier alpha value is -6.82. The molecule has 60 heavy (non-hydrogen) atoms. The average molecular weight is 839 g/mol. The van der Waals surface area contributed by atoms with Gasteiger partial charge in [0.2, 0.25) is 0 Å². The van der Waals surface area contributed by atoms with Gasteiger partial charge in [-0.15, -0.1) is 20.4 Å². The molecule has 2 atom stereocenters. The third-order valence-electron chi connectivity index (χ3n) is 9.50. The van der Waals surface area contributed by atoms with Crippen molar-refractivity contribution in [3.8, 4) is 68.8 Å². The molecule has 2 aromatic heterocycles. The summed E-state index contributed by atoms with van der Waals surface area (Å²) in [5.74, 6) is 0.627. The molecule has 14 nitrogen and oxygen atoms in total. The zero-order valence-corrected chi connectivity index (χ0v) is 33.9. The summed E-state index contributed by atoms with van der Waals surface area (Å²) in [6.45, 7) is 3.70. The molecule has 0 unspecified atom stereocenters. The summed E-state index contributed by atoms with van der Waals surface area (Å²) in [7, 11) is -8.70. The summed E-state index contributed by atoms with van der Waals surface area (Å²) in [5, 5.41) is 23.6. The molecular formula is C44H36N6O8P2. The van der Waals surface area contributed by atoms with Crippen LogP contribution in [0.3, 0.4) is 0 Å². The number of fused-ring (bicyclic) bond motifs is 12. The van der Waals surface area contributed by atoms with Gasteiger partial charge in [0.15, 0.2) is 0 Å². The molecule has 16 heteroatoms. The number of aromatic nitrogens is 4. The Bertz CT molecular complexity index is 2540. The van der Waals surface area contributed by atoms with Crippen LogP contribution in [0, 0.1) is 0 Å². The molecule has 2 N–H and O–H groups in total. The highest BCUT2D eigenvalue weighted by Crippen LogP contribution is 2.53. The molecule has 0 aliphatic carbocycles. The summed E-state index contributed by atoms with van der Waals surface area (Å²) in [6, 6.07) is 45.1. The second-order valence-electron chi connectivity index (χ2n) is 13.7. The molecule has 9 rings (SSSR count). The Morgan fingerprint density at radius 1 is 0.383 bits per heavy atom. The fraction of sp³-hybridized carbons (Fsp3) is 0.0909. The van der Waals surface area contributed by atoms with E-state index >= 15 is 9.13 Å². The first-order chi connectivity index (χ1) is 29.2. The van der Waals surface area contributed by atoms with Gasteiger partial charge in [-0.2, -0.15) is 10.2 Å². The van der Waals surface area contributed by atoms with Crippen molar-refractivity contribution in [1.82, 2.24) is 30.6 Å². The normalized spacial score (nSPS) is 18.3. The van der Waals surface area contributed by atoms with Gasteiger partial charge in [0.25, 0.3) is 23.6 Å².